The molecule has 3 aromatic rings. The number of alkyl halides is 6. The number of benzene rings is 3. The van der Waals surface area contributed by atoms with Crippen LogP contribution >= 0.6 is 23.2 Å². The largest absolute Gasteiger partial charge is 0.416 e. The molecular weight excluding hydrogens is 484 g/mol. The monoisotopic (exact) mass is 494 g/mol. The first-order chi connectivity index (χ1) is 14.8. The molecule has 0 saturated heterocycles. The van der Waals surface area contributed by atoms with Crippen molar-refractivity contribution in [3.05, 3.63) is 93.2 Å². The van der Waals surface area contributed by atoms with Gasteiger partial charge >= 0.3 is 12.4 Å². The highest BCUT2D eigenvalue weighted by Crippen LogP contribution is 2.36. The van der Waals surface area contributed by atoms with Gasteiger partial charge in [-0.3, -0.25) is 0 Å². The van der Waals surface area contributed by atoms with Gasteiger partial charge in [0.25, 0.3) is 0 Å². The summed E-state index contributed by atoms with van der Waals surface area (Å²) >= 11 is 11.9. The van der Waals surface area contributed by atoms with Crippen LogP contribution in [0.25, 0.3) is 0 Å². The first-order valence-corrected chi connectivity index (χ1v) is 9.45. The smallest absolute Gasteiger partial charge is 0.338 e. The fourth-order valence-corrected chi connectivity index (χ4v) is 3.04. The van der Waals surface area contributed by atoms with Crippen LogP contribution in [0, 0.1) is 5.82 Å². The van der Waals surface area contributed by atoms with Crippen LogP contribution in [0.3, 0.4) is 0 Å². The number of hydrogen-bond acceptors (Lipinski definition) is 1. The minimum atomic E-state index is -4.61. The van der Waals surface area contributed by atoms with E-state index in [1.165, 1.54) is 12.1 Å². The van der Waals surface area contributed by atoms with Gasteiger partial charge in [-0.25, -0.2) is 9.38 Å². The van der Waals surface area contributed by atoms with Gasteiger partial charge in [-0.2, -0.15) is 26.3 Å². The summed E-state index contributed by atoms with van der Waals surface area (Å²) < 4.78 is 90.6. The predicted molar refractivity (Wildman–Crippen MR) is 109 cm³/mol. The molecule has 0 spiro atoms. The zero-order valence-corrected chi connectivity index (χ0v) is 17.1. The van der Waals surface area contributed by atoms with E-state index in [1.807, 2.05) is 0 Å². The fraction of sp³-hybridized carbons (Fsp3) is 0.0952. The van der Waals surface area contributed by atoms with Crippen LogP contribution in [0.2, 0.25) is 10.0 Å². The van der Waals surface area contributed by atoms with Crippen LogP contribution in [-0.4, -0.2) is 5.84 Å². The molecule has 32 heavy (non-hydrogen) atoms. The van der Waals surface area contributed by atoms with Crippen LogP contribution in [0.1, 0.15) is 16.7 Å². The SMILES string of the molecule is Fc1ccc(C(=Nc2ccc(C(F)(F)F)cc2Cl)Nc2ccc(C(F)(F)F)cc2Cl)cc1. The Morgan fingerprint density at radius 1 is 0.719 bits per heavy atom. The number of rotatable bonds is 3. The summed E-state index contributed by atoms with van der Waals surface area (Å²) in [4.78, 5) is 4.19. The molecule has 0 amide bonds. The maximum absolute atomic E-state index is 13.3. The van der Waals surface area contributed by atoms with E-state index in [-0.39, 0.29) is 32.8 Å². The number of amidine groups is 1. The molecule has 0 heterocycles. The molecule has 0 atom stereocenters. The Labute approximate surface area is 187 Å². The lowest BCUT2D eigenvalue weighted by Crippen LogP contribution is -2.14. The van der Waals surface area contributed by atoms with Crippen LogP contribution in [-0.2, 0) is 12.4 Å². The zero-order valence-electron chi connectivity index (χ0n) is 15.6. The van der Waals surface area contributed by atoms with E-state index < -0.39 is 29.3 Å². The maximum atomic E-state index is 13.3. The highest BCUT2D eigenvalue weighted by molar-refractivity contribution is 6.34. The van der Waals surface area contributed by atoms with Gasteiger partial charge in [0, 0.05) is 5.56 Å². The Kier molecular flexibility index (Phi) is 6.71. The van der Waals surface area contributed by atoms with E-state index in [0.717, 1.165) is 36.4 Å². The minimum Gasteiger partial charge on any atom is -0.338 e. The highest BCUT2D eigenvalue weighted by atomic mass is 35.5. The summed E-state index contributed by atoms with van der Waals surface area (Å²) in [6.45, 7) is 0. The number of hydrogen-bond donors (Lipinski definition) is 1. The van der Waals surface area contributed by atoms with Crippen molar-refractivity contribution in [1.82, 2.24) is 0 Å². The zero-order chi connectivity index (χ0) is 23.7. The number of halogens is 9. The average Bonchev–Trinajstić information content (AvgIpc) is 2.69. The third-order valence-corrected chi connectivity index (χ3v) is 4.79. The van der Waals surface area contributed by atoms with Crippen LogP contribution in [0.15, 0.2) is 65.7 Å². The summed E-state index contributed by atoms with van der Waals surface area (Å²) in [5.41, 5.74) is -1.71. The summed E-state index contributed by atoms with van der Waals surface area (Å²) in [6.07, 6.45) is -9.22. The van der Waals surface area contributed by atoms with Gasteiger partial charge in [0.15, 0.2) is 0 Å². The molecule has 1 N–H and O–H groups in total. The standard InChI is InChI=1S/C21H11Cl2F7N2/c22-15-9-12(20(25,26)27)3-7-17(15)31-19(11-1-5-14(24)6-2-11)32-18-8-4-13(10-16(18)23)21(28,29)30/h1-10H,(H,31,32). The maximum Gasteiger partial charge on any atom is 0.416 e. The molecule has 3 rings (SSSR count). The fourth-order valence-electron chi connectivity index (χ4n) is 2.59. The molecule has 11 heteroatoms. The number of nitrogens with zero attached hydrogens (tertiary/aromatic N) is 1. The molecular formula is C21H11Cl2F7N2. The van der Waals surface area contributed by atoms with Crippen molar-refractivity contribution in [2.75, 3.05) is 5.32 Å². The molecule has 0 aliphatic carbocycles. The second-order valence-electron chi connectivity index (χ2n) is 6.45. The lowest BCUT2D eigenvalue weighted by molar-refractivity contribution is -0.138. The van der Waals surface area contributed by atoms with Gasteiger partial charge in [0.2, 0.25) is 0 Å². The van der Waals surface area contributed by atoms with E-state index in [0.29, 0.717) is 12.1 Å². The summed E-state index contributed by atoms with van der Waals surface area (Å²) in [5.74, 6) is -0.596. The highest BCUT2D eigenvalue weighted by Gasteiger charge is 2.32. The van der Waals surface area contributed by atoms with Gasteiger partial charge in [-0.15, -0.1) is 0 Å². The summed E-state index contributed by atoms with van der Waals surface area (Å²) in [7, 11) is 0. The molecule has 0 radical (unpaired) electrons. The van der Waals surface area contributed by atoms with Crippen molar-refractivity contribution in [2.24, 2.45) is 4.99 Å². The van der Waals surface area contributed by atoms with Crippen molar-refractivity contribution >= 4 is 40.4 Å². The van der Waals surface area contributed by atoms with E-state index in [2.05, 4.69) is 10.3 Å². The van der Waals surface area contributed by atoms with Crippen molar-refractivity contribution in [3.63, 3.8) is 0 Å². The first-order valence-electron chi connectivity index (χ1n) is 8.70. The third kappa shape index (κ3) is 5.72. The average molecular weight is 495 g/mol. The van der Waals surface area contributed by atoms with Gasteiger partial charge in [-0.05, 0) is 60.7 Å². The van der Waals surface area contributed by atoms with E-state index in [4.69, 9.17) is 23.2 Å². The Morgan fingerprint density at radius 2 is 1.25 bits per heavy atom. The van der Waals surface area contributed by atoms with Crippen molar-refractivity contribution in [1.29, 1.82) is 0 Å². The molecule has 0 aliphatic rings. The molecule has 0 aromatic heterocycles. The topological polar surface area (TPSA) is 24.4 Å². The third-order valence-electron chi connectivity index (χ3n) is 4.17. The van der Waals surface area contributed by atoms with Gasteiger partial charge in [0.1, 0.15) is 11.7 Å². The van der Waals surface area contributed by atoms with Crippen LogP contribution < -0.4 is 5.32 Å². The number of aliphatic imine (C=N–C) groups is 1. The van der Waals surface area contributed by atoms with Crippen molar-refractivity contribution < 1.29 is 30.7 Å². The second-order valence-corrected chi connectivity index (χ2v) is 7.26. The number of anilines is 1. The molecule has 3 aromatic carbocycles. The van der Waals surface area contributed by atoms with Crippen molar-refractivity contribution in [3.8, 4) is 0 Å². The lowest BCUT2D eigenvalue weighted by atomic mass is 10.1. The second kappa shape index (κ2) is 8.99. The van der Waals surface area contributed by atoms with Crippen LogP contribution in [0.5, 0.6) is 0 Å². The number of nitrogens with one attached hydrogen (secondary N) is 1. The molecule has 0 unspecified atom stereocenters. The van der Waals surface area contributed by atoms with Gasteiger partial charge in [-0.1, -0.05) is 23.2 Å². The van der Waals surface area contributed by atoms with E-state index in [1.54, 1.807) is 0 Å². The van der Waals surface area contributed by atoms with Gasteiger partial charge in [0.05, 0.1) is 32.5 Å². The molecule has 0 fully saturated rings. The first kappa shape index (κ1) is 23.9. The molecule has 0 aliphatic heterocycles. The quantitative estimate of drug-likeness (QED) is 0.221. The van der Waals surface area contributed by atoms with Gasteiger partial charge < -0.3 is 5.32 Å². The molecule has 2 nitrogen and oxygen atoms in total. The molecule has 0 bridgehead atoms. The molecule has 168 valence electrons. The Morgan fingerprint density at radius 3 is 1.75 bits per heavy atom. The summed E-state index contributed by atoms with van der Waals surface area (Å²) in [6, 6.07) is 9.91. The summed E-state index contributed by atoms with van der Waals surface area (Å²) in [5, 5.41) is 2.13. The lowest BCUT2D eigenvalue weighted by Gasteiger charge is -2.15. The van der Waals surface area contributed by atoms with Crippen molar-refractivity contribution in [2.45, 2.75) is 12.4 Å². The minimum absolute atomic E-state index is 0.0331. The predicted octanol–water partition coefficient (Wildman–Crippen LogP) is 8.36. The Bertz CT molecular complexity index is 1150. The van der Waals surface area contributed by atoms with Crippen LogP contribution in [0.4, 0.5) is 42.1 Å². The molecule has 0 saturated carbocycles. The van der Waals surface area contributed by atoms with E-state index in [9.17, 15) is 30.7 Å². The Hall–Kier alpha value is -2.78. The van der Waals surface area contributed by atoms with E-state index >= 15 is 0 Å². The normalized spacial score (nSPS) is 12.7. The Balaban J connectivity index is 2.05.